The van der Waals surface area contributed by atoms with Crippen molar-refractivity contribution in [3.63, 3.8) is 0 Å². The molecule has 0 amide bonds. The van der Waals surface area contributed by atoms with Crippen LogP contribution in [0.1, 0.15) is 33.3 Å². The molecule has 2 aromatic rings. The van der Waals surface area contributed by atoms with Gasteiger partial charge in [-0.25, -0.2) is 4.79 Å². The average molecular weight is 399 g/mol. The van der Waals surface area contributed by atoms with Crippen LogP contribution in [0.2, 0.25) is 0 Å². The molecule has 29 heavy (non-hydrogen) atoms. The summed E-state index contributed by atoms with van der Waals surface area (Å²) in [5, 5.41) is 10.6. The number of nitrogens with zero attached hydrogens (tertiary/aromatic N) is 1. The average Bonchev–Trinajstić information content (AvgIpc) is 2.88. The Bertz CT molecular complexity index is 878. The van der Waals surface area contributed by atoms with Gasteiger partial charge in [-0.2, -0.15) is 0 Å². The van der Waals surface area contributed by atoms with Crippen LogP contribution >= 0.6 is 0 Å². The van der Waals surface area contributed by atoms with E-state index in [9.17, 15) is 14.9 Å². The van der Waals surface area contributed by atoms with Crippen LogP contribution in [0.4, 0.5) is 10.5 Å². The van der Waals surface area contributed by atoms with E-state index in [2.05, 4.69) is 0 Å². The smallest absolute Gasteiger partial charge is 0.429 e. The van der Waals surface area contributed by atoms with E-state index in [4.69, 9.17) is 18.8 Å². The van der Waals surface area contributed by atoms with E-state index < -0.39 is 29.4 Å². The van der Waals surface area contributed by atoms with Gasteiger partial charge in [0, 0.05) is 12.1 Å². The van der Waals surface area contributed by atoms with Gasteiger partial charge in [-0.1, -0.05) is 24.3 Å². The Labute approximate surface area is 169 Å². The lowest BCUT2D eigenvalue weighted by atomic mass is 9.79. The molecule has 1 aliphatic heterocycles. The largest absolute Gasteiger partial charge is 0.514 e. The van der Waals surface area contributed by atoms with Crippen LogP contribution in [-0.2, 0) is 20.7 Å². The second-order valence-corrected chi connectivity index (χ2v) is 7.72. The molecule has 2 aromatic carbocycles. The summed E-state index contributed by atoms with van der Waals surface area (Å²) < 4.78 is 22.1. The standard InChI is InChI=1S/C20H22BNO7/c1-19(2)20(3,4)29-21(28-19)15-7-5-14(6-8-15)13-26-18(23)27-17-11-9-16(10-12-17)22(24)25/h5-12H,13H2,1-4H3. The molecule has 0 atom stereocenters. The van der Waals surface area contributed by atoms with Crippen LogP contribution in [0.5, 0.6) is 5.75 Å². The van der Waals surface area contributed by atoms with Crippen LogP contribution < -0.4 is 10.2 Å². The van der Waals surface area contributed by atoms with Crippen molar-refractivity contribution in [3.05, 3.63) is 64.2 Å². The number of non-ortho nitro benzene ring substituents is 1. The molecule has 0 spiro atoms. The normalized spacial score (nSPS) is 17.0. The summed E-state index contributed by atoms with van der Waals surface area (Å²) in [5.74, 6) is 0.164. The van der Waals surface area contributed by atoms with Crippen molar-refractivity contribution < 1.29 is 28.5 Å². The van der Waals surface area contributed by atoms with Crippen molar-refractivity contribution in [2.45, 2.75) is 45.5 Å². The zero-order valence-electron chi connectivity index (χ0n) is 16.7. The van der Waals surface area contributed by atoms with E-state index in [1.165, 1.54) is 24.3 Å². The van der Waals surface area contributed by atoms with Gasteiger partial charge in [0.15, 0.2) is 0 Å². The van der Waals surface area contributed by atoms with E-state index in [1.807, 2.05) is 52.0 Å². The van der Waals surface area contributed by atoms with Crippen LogP contribution in [0.3, 0.4) is 0 Å². The first kappa shape index (κ1) is 20.8. The minimum atomic E-state index is -0.895. The van der Waals surface area contributed by atoms with Crippen molar-refractivity contribution in [1.82, 2.24) is 0 Å². The van der Waals surface area contributed by atoms with Gasteiger partial charge in [0.05, 0.1) is 16.1 Å². The molecule has 1 saturated heterocycles. The predicted molar refractivity (Wildman–Crippen MR) is 106 cm³/mol. The molecule has 152 valence electrons. The zero-order chi connectivity index (χ0) is 21.2. The fourth-order valence-corrected chi connectivity index (χ4v) is 2.65. The fourth-order valence-electron chi connectivity index (χ4n) is 2.65. The highest BCUT2D eigenvalue weighted by Gasteiger charge is 2.51. The molecule has 0 N–H and O–H groups in total. The lowest BCUT2D eigenvalue weighted by Crippen LogP contribution is -2.41. The highest BCUT2D eigenvalue weighted by Crippen LogP contribution is 2.36. The first-order valence-electron chi connectivity index (χ1n) is 9.11. The molecule has 0 aliphatic carbocycles. The van der Waals surface area contributed by atoms with Crippen molar-refractivity contribution in [1.29, 1.82) is 0 Å². The van der Waals surface area contributed by atoms with Gasteiger partial charge in [0.25, 0.3) is 5.69 Å². The Morgan fingerprint density at radius 2 is 1.55 bits per heavy atom. The third-order valence-corrected chi connectivity index (χ3v) is 5.11. The van der Waals surface area contributed by atoms with Crippen molar-refractivity contribution in [3.8, 4) is 5.75 Å². The summed E-state index contributed by atoms with van der Waals surface area (Å²) in [5.41, 5.74) is 0.724. The number of hydrogen-bond acceptors (Lipinski definition) is 7. The number of carbonyl (C=O) groups is 1. The highest BCUT2D eigenvalue weighted by molar-refractivity contribution is 6.62. The number of nitro benzene ring substituents is 1. The van der Waals surface area contributed by atoms with Crippen molar-refractivity contribution in [2.75, 3.05) is 0 Å². The van der Waals surface area contributed by atoms with Gasteiger partial charge in [0.1, 0.15) is 12.4 Å². The topological polar surface area (TPSA) is 97.1 Å². The maximum Gasteiger partial charge on any atom is 0.514 e. The van der Waals surface area contributed by atoms with Crippen LogP contribution in [0, 0.1) is 10.1 Å². The summed E-state index contributed by atoms with van der Waals surface area (Å²) in [7, 11) is -0.456. The Kier molecular flexibility index (Phi) is 5.63. The molecular formula is C20H22BNO7. The first-order valence-corrected chi connectivity index (χ1v) is 9.11. The van der Waals surface area contributed by atoms with E-state index >= 15 is 0 Å². The molecule has 1 aliphatic rings. The van der Waals surface area contributed by atoms with Gasteiger partial charge in [-0.15, -0.1) is 0 Å². The second kappa shape index (κ2) is 7.84. The Morgan fingerprint density at radius 3 is 2.07 bits per heavy atom. The minimum Gasteiger partial charge on any atom is -0.429 e. The van der Waals surface area contributed by atoms with Gasteiger partial charge in [-0.3, -0.25) is 10.1 Å². The quantitative estimate of drug-likeness (QED) is 0.249. The fraction of sp³-hybridized carbons (Fsp3) is 0.350. The maximum absolute atomic E-state index is 11.8. The predicted octanol–water partition coefficient (Wildman–Crippen LogP) is 3.61. The lowest BCUT2D eigenvalue weighted by molar-refractivity contribution is -0.384. The molecule has 0 unspecified atom stereocenters. The molecule has 8 nitrogen and oxygen atoms in total. The molecule has 0 radical (unpaired) electrons. The number of hydrogen-bond donors (Lipinski definition) is 0. The highest BCUT2D eigenvalue weighted by atomic mass is 16.7. The van der Waals surface area contributed by atoms with Gasteiger partial charge < -0.3 is 18.8 Å². The summed E-state index contributed by atoms with van der Waals surface area (Å²) in [6, 6.07) is 12.5. The lowest BCUT2D eigenvalue weighted by Gasteiger charge is -2.32. The Hall–Kier alpha value is -2.91. The molecule has 0 bridgehead atoms. The van der Waals surface area contributed by atoms with Gasteiger partial charge in [0.2, 0.25) is 0 Å². The Balaban J connectivity index is 1.52. The second-order valence-electron chi connectivity index (χ2n) is 7.72. The number of carbonyl (C=O) groups excluding carboxylic acids is 1. The number of benzene rings is 2. The first-order chi connectivity index (χ1) is 13.6. The zero-order valence-corrected chi connectivity index (χ0v) is 16.7. The SMILES string of the molecule is CC1(C)OB(c2ccc(COC(=O)Oc3ccc([N+](=O)[O-])cc3)cc2)OC1(C)C. The number of nitro groups is 1. The summed E-state index contributed by atoms with van der Waals surface area (Å²) >= 11 is 0. The van der Waals surface area contributed by atoms with Gasteiger partial charge >= 0.3 is 13.3 Å². The maximum atomic E-state index is 11.8. The van der Waals surface area contributed by atoms with E-state index in [-0.39, 0.29) is 18.0 Å². The van der Waals surface area contributed by atoms with Crippen LogP contribution in [-0.4, -0.2) is 29.4 Å². The van der Waals surface area contributed by atoms with E-state index in [1.54, 1.807) is 0 Å². The van der Waals surface area contributed by atoms with Crippen molar-refractivity contribution in [2.24, 2.45) is 0 Å². The summed E-state index contributed by atoms with van der Waals surface area (Å²) in [6.45, 7) is 7.99. The van der Waals surface area contributed by atoms with E-state index in [0.717, 1.165) is 11.0 Å². The molecule has 3 rings (SSSR count). The summed E-state index contributed by atoms with van der Waals surface area (Å²) in [6.07, 6.45) is -0.895. The molecule has 1 fully saturated rings. The molecular weight excluding hydrogens is 377 g/mol. The van der Waals surface area contributed by atoms with Crippen molar-refractivity contribution >= 4 is 24.4 Å². The molecule has 0 aromatic heterocycles. The summed E-state index contributed by atoms with van der Waals surface area (Å²) in [4.78, 5) is 21.9. The van der Waals surface area contributed by atoms with Crippen LogP contribution in [0.25, 0.3) is 0 Å². The third-order valence-electron chi connectivity index (χ3n) is 5.11. The third kappa shape index (κ3) is 4.75. The van der Waals surface area contributed by atoms with Gasteiger partial charge in [-0.05, 0) is 50.9 Å². The monoisotopic (exact) mass is 399 g/mol. The number of rotatable bonds is 5. The Morgan fingerprint density at radius 1 is 1.00 bits per heavy atom. The molecule has 1 heterocycles. The van der Waals surface area contributed by atoms with Crippen LogP contribution in [0.15, 0.2) is 48.5 Å². The van der Waals surface area contributed by atoms with E-state index in [0.29, 0.717) is 0 Å². The molecule has 0 saturated carbocycles. The minimum absolute atomic E-state index is 0.0233. The number of ether oxygens (including phenoxy) is 2. The molecule has 9 heteroatoms.